The van der Waals surface area contributed by atoms with E-state index < -0.39 is 10.0 Å². The zero-order valence-corrected chi connectivity index (χ0v) is 14.0. The molecule has 0 aliphatic carbocycles. The van der Waals surface area contributed by atoms with Crippen molar-refractivity contribution >= 4 is 38.1 Å². The zero-order chi connectivity index (χ0) is 15.5. The number of benzene rings is 1. The average molecular weight is 347 g/mol. The Kier molecular flexibility index (Phi) is 5.21. The van der Waals surface area contributed by atoms with Crippen molar-refractivity contribution in [3.8, 4) is 0 Å². The van der Waals surface area contributed by atoms with Gasteiger partial charge in [-0.15, -0.1) is 11.3 Å². The van der Waals surface area contributed by atoms with E-state index in [0.29, 0.717) is 28.7 Å². The second-order valence-corrected chi connectivity index (χ2v) is 7.27. The predicted molar refractivity (Wildman–Crippen MR) is 84.7 cm³/mol. The third kappa shape index (κ3) is 3.94. The van der Waals surface area contributed by atoms with Crippen LogP contribution in [0.4, 0.5) is 5.13 Å². The van der Waals surface area contributed by atoms with Gasteiger partial charge in [-0.25, -0.2) is 13.4 Å². The van der Waals surface area contributed by atoms with Crippen LogP contribution in [0.2, 0.25) is 5.02 Å². The van der Waals surface area contributed by atoms with Crippen molar-refractivity contribution in [1.82, 2.24) is 4.98 Å². The second-order valence-electron chi connectivity index (χ2n) is 4.36. The van der Waals surface area contributed by atoms with Crippen LogP contribution in [0.3, 0.4) is 0 Å². The Morgan fingerprint density at radius 1 is 1.43 bits per heavy atom. The maximum absolute atomic E-state index is 12.4. The van der Waals surface area contributed by atoms with E-state index in [1.54, 1.807) is 26.2 Å². The quantitative estimate of drug-likeness (QED) is 0.872. The first-order valence-corrected chi connectivity index (χ1v) is 8.89. The molecule has 1 aromatic carbocycles. The number of thiazole rings is 1. The third-order valence-electron chi connectivity index (χ3n) is 2.84. The van der Waals surface area contributed by atoms with Crippen LogP contribution in [0.5, 0.6) is 0 Å². The van der Waals surface area contributed by atoms with E-state index in [4.69, 9.17) is 16.3 Å². The van der Waals surface area contributed by atoms with Gasteiger partial charge in [0.1, 0.15) is 0 Å². The van der Waals surface area contributed by atoms with Crippen molar-refractivity contribution in [1.29, 1.82) is 0 Å². The summed E-state index contributed by atoms with van der Waals surface area (Å²) < 4.78 is 32.2. The van der Waals surface area contributed by atoms with Gasteiger partial charge < -0.3 is 4.74 Å². The van der Waals surface area contributed by atoms with Gasteiger partial charge >= 0.3 is 0 Å². The maximum atomic E-state index is 12.4. The van der Waals surface area contributed by atoms with Crippen molar-refractivity contribution in [3.63, 3.8) is 0 Å². The van der Waals surface area contributed by atoms with Crippen molar-refractivity contribution in [2.24, 2.45) is 0 Å². The highest BCUT2D eigenvalue weighted by Gasteiger charge is 2.19. The number of ether oxygens (including phenoxy) is 1. The number of methoxy groups -OCH3 is 1. The molecule has 2 rings (SSSR count). The van der Waals surface area contributed by atoms with Crippen LogP contribution in [0.25, 0.3) is 0 Å². The van der Waals surface area contributed by atoms with E-state index in [1.807, 2.05) is 5.38 Å². The number of anilines is 1. The van der Waals surface area contributed by atoms with Crippen LogP contribution < -0.4 is 4.72 Å². The van der Waals surface area contributed by atoms with Gasteiger partial charge in [0, 0.05) is 23.9 Å². The van der Waals surface area contributed by atoms with E-state index in [2.05, 4.69) is 9.71 Å². The number of halogens is 1. The van der Waals surface area contributed by atoms with Crippen molar-refractivity contribution in [2.45, 2.75) is 18.2 Å². The van der Waals surface area contributed by atoms with E-state index in [-0.39, 0.29) is 4.90 Å². The molecular weight excluding hydrogens is 332 g/mol. The molecule has 2 aromatic rings. The summed E-state index contributed by atoms with van der Waals surface area (Å²) in [5.41, 5.74) is 1.31. The topological polar surface area (TPSA) is 68.3 Å². The Hall–Kier alpha value is -1.15. The molecule has 21 heavy (non-hydrogen) atoms. The lowest BCUT2D eigenvalue weighted by molar-refractivity contribution is 0.201. The first-order chi connectivity index (χ1) is 9.94. The Morgan fingerprint density at radius 3 is 2.90 bits per heavy atom. The predicted octanol–water partition coefficient (Wildman–Crippen LogP) is 3.09. The standard InChI is InChI=1S/C13H15ClN2O3S2/c1-9-11(14)4-3-5-12(9)21(17,18)16-13-15-10(8-20-13)6-7-19-2/h3-5,8H,6-7H2,1-2H3,(H,15,16). The van der Waals surface area contributed by atoms with Crippen molar-refractivity contribution in [2.75, 3.05) is 18.4 Å². The number of aromatic nitrogens is 1. The van der Waals surface area contributed by atoms with Gasteiger partial charge in [0.2, 0.25) is 0 Å². The minimum atomic E-state index is -3.69. The SMILES string of the molecule is COCCc1csc(NS(=O)(=O)c2cccc(Cl)c2C)n1. The monoisotopic (exact) mass is 346 g/mol. The van der Waals surface area contributed by atoms with Gasteiger partial charge in [0.25, 0.3) is 10.0 Å². The normalized spacial score (nSPS) is 11.6. The number of nitrogens with one attached hydrogen (secondary N) is 1. The van der Waals surface area contributed by atoms with Gasteiger partial charge in [-0.3, -0.25) is 4.72 Å². The highest BCUT2D eigenvalue weighted by molar-refractivity contribution is 7.93. The van der Waals surface area contributed by atoms with E-state index in [9.17, 15) is 8.42 Å². The Bertz CT molecular complexity index is 729. The Morgan fingerprint density at radius 2 is 2.19 bits per heavy atom. The second kappa shape index (κ2) is 6.74. The number of hydrogen-bond donors (Lipinski definition) is 1. The van der Waals surface area contributed by atoms with Crippen LogP contribution in [-0.4, -0.2) is 27.1 Å². The molecule has 114 valence electrons. The van der Waals surface area contributed by atoms with Crippen LogP contribution in [0.15, 0.2) is 28.5 Å². The summed E-state index contributed by atoms with van der Waals surface area (Å²) in [6.45, 7) is 2.21. The van der Waals surface area contributed by atoms with Crippen LogP contribution in [0, 0.1) is 6.92 Å². The summed E-state index contributed by atoms with van der Waals surface area (Å²) >= 11 is 7.21. The van der Waals surface area contributed by atoms with E-state index in [1.165, 1.54) is 17.4 Å². The summed E-state index contributed by atoms with van der Waals surface area (Å²) in [6.07, 6.45) is 0.644. The van der Waals surface area contributed by atoms with E-state index >= 15 is 0 Å². The van der Waals surface area contributed by atoms with Crippen molar-refractivity contribution in [3.05, 3.63) is 39.9 Å². The summed E-state index contributed by atoms with van der Waals surface area (Å²) in [5, 5.41) is 2.56. The fourth-order valence-electron chi connectivity index (χ4n) is 1.72. The largest absolute Gasteiger partial charge is 0.384 e. The lowest BCUT2D eigenvalue weighted by Crippen LogP contribution is -2.14. The Balaban J connectivity index is 2.21. The molecule has 0 aliphatic heterocycles. The molecule has 0 aliphatic rings. The first-order valence-electron chi connectivity index (χ1n) is 6.15. The molecule has 0 atom stereocenters. The summed E-state index contributed by atoms with van der Waals surface area (Å²) in [7, 11) is -2.08. The lowest BCUT2D eigenvalue weighted by Gasteiger charge is -2.09. The third-order valence-corrected chi connectivity index (χ3v) is 5.67. The number of nitrogens with zero attached hydrogens (tertiary/aromatic N) is 1. The summed E-state index contributed by atoms with van der Waals surface area (Å²) in [4.78, 5) is 4.38. The molecule has 0 radical (unpaired) electrons. The average Bonchev–Trinajstić information content (AvgIpc) is 2.86. The fraction of sp³-hybridized carbons (Fsp3) is 0.308. The zero-order valence-electron chi connectivity index (χ0n) is 11.6. The molecule has 0 saturated heterocycles. The molecule has 1 N–H and O–H groups in total. The molecular formula is C13H15ClN2O3S2. The highest BCUT2D eigenvalue weighted by Crippen LogP contribution is 2.26. The first kappa shape index (κ1) is 16.2. The molecule has 0 amide bonds. The van der Waals surface area contributed by atoms with Crippen LogP contribution >= 0.6 is 22.9 Å². The van der Waals surface area contributed by atoms with E-state index in [0.717, 1.165) is 5.69 Å². The molecule has 0 spiro atoms. The van der Waals surface area contributed by atoms with Gasteiger partial charge in [-0.1, -0.05) is 17.7 Å². The molecule has 0 bridgehead atoms. The van der Waals surface area contributed by atoms with Crippen LogP contribution in [-0.2, 0) is 21.2 Å². The number of hydrogen-bond acceptors (Lipinski definition) is 5. The molecule has 0 fully saturated rings. The van der Waals surface area contributed by atoms with Gasteiger partial charge in [-0.2, -0.15) is 0 Å². The molecule has 8 heteroatoms. The van der Waals surface area contributed by atoms with Gasteiger partial charge in [0.15, 0.2) is 5.13 Å². The molecule has 5 nitrogen and oxygen atoms in total. The van der Waals surface area contributed by atoms with Gasteiger partial charge in [0.05, 0.1) is 17.2 Å². The minimum absolute atomic E-state index is 0.156. The smallest absolute Gasteiger partial charge is 0.263 e. The van der Waals surface area contributed by atoms with Crippen LogP contribution in [0.1, 0.15) is 11.3 Å². The summed E-state index contributed by atoms with van der Waals surface area (Å²) in [5.74, 6) is 0. The lowest BCUT2D eigenvalue weighted by atomic mass is 10.2. The molecule has 1 heterocycles. The van der Waals surface area contributed by atoms with Crippen molar-refractivity contribution < 1.29 is 13.2 Å². The molecule has 1 aromatic heterocycles. The Labute approximate surface area is 133 Å². The maximum Gasteiger partial charge on any atom is 0.263 e. The number of sulfonamides is 1. The summed E-state index contributed by atoms with van der Waals surface area (Å²) in [6, 6.07) is 4.78. The molecule has 0 saturated carbocycles. The highest BCUT2D eigenvalue weighted by atomic mass is 35.5. The molecule has 0 unspecified atom stereocenters. The minimum Gasteiger partial charge on any atom is -0.384 e. The van der Waals surface area contributed by atoms with Gasteiger partial charge in [-0.05, 0) is 24.6 Å². The fourth-order valence-corrected chi connectivity index (χ4v) is 4.22. The number of rotatable bonds is 6.